The summed E-state index contributed by atoms with van der Waals surface area (Å²) >= 11 is 0. The number of hydrogen-bond donors (Lipinski definition) is 0. The van der Waals surface area contributed by atoms with Gasteiger partial charge in [0, 0.05) is 20.0 Å². The Morgan fingerprint density at radius 3 is 2.67 bits per heavy atom. The van der Waals surface area contributed by atoms with Crippen molar-refractivity contribution in [1.82, 2.24) is 4.90 Å². The van der Waals surface area contributed by atoms with Crippen LogP contribution in [-0.2, 0) is 4.79 Å². The number of amides is 1. The Labute approximate surface area is 140 Å². The summed E-state index contributed by atoms with van der Waals surface area (Å²) in [4.78, 5) is 35.8. The van der Waals surface area contributed by atoms with E-state index in [9.17, 15) is 19.7 Å². The van der Waals surface area contributed by atoms with Crippen LogP contribution in [0.2, 0.25) is 0 Å². The molecule has 0 unspecified atom stereocenters. The van der Waals surface area contributed by atoms with Crippen LogP contribution < -0.4 is 4.74 Å². The molecule has 0 N–H and O–H groups in total. The van der Waals surface area contributed by atoms with Crippen molar-refractivity contribution in [1.29, 1.82) is 0 Å². The molecule has 0 atom stereocenters. The number of benzene rings is 1. The van der Waals surface area contributed by atoms with Gasteiger partial charge in [-0.25, -0.2) is 0 Å². The maximum atomic E-state index is 12.0. The van der Waals surface area contributed by atoms with Gasteiger partial charge in [0.15, 0.2) is 11.5 Å². The van der Waals surface area contributed by atoms with Gasteiger partial charge in [-0.05, 0) is 44.2 Å². The first-order chi connectivity index (χ1) is 11.4. The minimum Gasteiger partial charge on any atom is -0.487 e. The first-order valence-corrected chi connectivity index (χ1v) is 8.05. The molecule has 1 fully saturated rings. The van der Waals surface area contributed by atoms with Crippen LogP contribution in [0, 0.1) is 16.0 Å². The molecule has 0 bridgehead atoms. The Kier molecular flexibility index (Phi) is 5.89. The minimum absolute atomic E-state index is 0.0257. The van der Waals surface area contributed by atoms with Gasteiger partial charge in [-0.2, -0.15) is 0 Å². The molecule has 7 nitrogen and oxygen atoms in total. The van der Waals surface area contributed by atoms with E-state index >= 15 is 0 Å². The molecule has 1 aliphatic rings. The quantitative estimate of drug-likeness (QED) is 0.300. The van der Waals surface area contributed by atoms with Crippen LogP contribution in [0.25, 0.3) is 0 Å². The molecule has 0 heterocycles. The average Bonchev–Trinajstić information content (AvgIpc) is 3.34. The fourth-order valence-electron chi connectivity index (χ4n) is 2.50. The van der Waals surface area contributed by atoms with Crippen molar-refractivity contribution in [3.63, 3.8) is 0 Å². The van der Waals surface area contributed by atoms with Crippen molar-refractivity contribution in [3.05, 3.63) is 33.9 Å². The highest BCUT2D eigenvalue weighted by Crippen LogP contribution is 2.31. The Bertz CT molecular complexity index is 640. The molecular formula is C17H22N2O5. The smallest absolute Gasteiger partial charge is 0.321 e. The van der Waals surface area contributed by atoms with E-state index in [1.165, 1.54) is 31.9 Å². The lowest BCUT2D eigenvalue weighted by atomic mass is 10.1. The average molecular weight is 334 g/mol. The molecule has 0 saturated heterocycles. The van der Waals surface area contributed by atoms with E-state index in [4.69, 9.17) is 4.74 Å². The van der Waals surface area contributed by atoms with E-state index in [1.807, 2.05) is 0 Å². The summed E-state index contributed by atoms with van der Waals surface area (Å²) in [5, 5.41) is 11.2. The topological polar surface area (TPSA) is 89.8 Å². The maximum Gasteiger partial charge on any atom is 0.321 e. The van der Waals surface area contributed by atoms with Gasteiger partial charge >= 0.3 is 5.69 Å². The van der Waals surface area contributed by atoms with Crippen LogP contribution in [0.3, 0.4) is 0 Å². The van der Waals surface area contributed by atoms with E-state index < -0.39 is 4.92 Å². The summed E-state index contributed by atoms with van der Waals surface area (Å²) in [5.74, 6) is 0.375. The van der Waals surface area contributed by atoms with Crippen molar-refractivity contribution in [2.75, 3.05) is 20.2 Å². The van der Waals surface area contributed by atoms with Gasteiger partial charge in [0.2, 0.25) is 5.91 Å². The van der Waals surface area contributed by atoms with E-state index in [0.29, 0.717) is 18.8 Å². The zero-order chi connectivity index (χ0) is 17.7. The number of carbonyl (C=O) groups is 2. The summed E-state index contributed by atoms with van der Waals surface area (Å²) < 4.78 is 5.45. The number of ketones is 1. The monoisotopic (exact) mass is 334 g/mol. The first kappa shape index (κ1) is 17.9. The van der Waals surface area contributed by atoms with Gasteiger partial charge in [-0.15, -0.1) is 0 Å². The van der Waals surface area contributed by atoms with Crippen molar-refractivity contribution >= 4 is 17.4 Å². The Morgan fingerprint density at radius 2 is 2.08 bits per heavy atom. The fraction of sp³-hybridized carbons (Fsp3) is 0.529. The highest BCUT2D eigenvalue weighted by atomic mass is 16.6. The Hall–Kier alpha value is -2.44. The second kappa shape index (κ2) is 7.90. The summed E-state index contributed by atoms with van der Waals surface area (Å²) in [7, 11) is 1.79. The number of rotatable bonds is 9. The predicted molar refractivity (Wildman–Crippen MR) is 88.2 cm³/mol. The van der Waals surface area contributed by atoms with Gasteiger partial charge in [0.05, 0.1) is 17.1 Å². The van der Waals surface area contributed by atoms with Crippen molar-refractivity contribution < 1.29 is 19.2 Å². The number of Topliss-reactive ketones (excluding diaryl/α,β-unsaturated/α-hetero) is 1. The lowest BCUT2D eigenvalue weighted by molar-refractivity contribution is -0.386. The third-order valence-corrected chi connectivity index (χ3v) is 4.01. The molecule has 1 aromatic carbocycles. The highest BCUT2D eigenvalue weighted by molar-refractivity contribution is 5.99. The first-order valence-electron chi connectivity index (χ1n) is 8.05. The van der Waals surface area contributed by atoms with Crippen LogP contribution >= 0.6 is 0 Å². The second-order valence-corrected chi connectivity index (χ2v) is 6.14. The summed E-state index contributed by atoms with van der Waals surface area (Å²) in [6, 6.07) is 4.42. The number of ether oxygens (including phenoxy) is 1. The molecule has 0 aliphatic heterocycles. The molecular weight excluding hydrogens is 312 g/mol. The zero-order valence-electron chi connectivity index (χ0n) is 14.0. The molecule has 1 aromatic rings. The molecule has 0 aromatic heterocycles. The minimum atomic E-state index is -0.610. The van der Waals surface area contributed by atoms with E-state index in [2.05, 4.69) is 0 Å². The number of nitro benzene ring substituents is 1. The van der Waals surface area contributed by atoms with E-state index in [-0.39, 0.29) is 35.3 Å². The lowest BCUT2D eigenvalue weighted by Crippen LogP contribution is -2.28. The molecule has 24 heavy (non-hydrogen) atoms. The molecule has 1 amide bonds. The SMILES string of the molecule is CC(=O)c1cccc(OCCCC(=O)N(C)CC2CC2)c1[N+](=O)[O-]. The van der Waals surface area contributed by atoms with Gasteiger partial charge in [-0.1, -0.05) is 6.07 Å². The third kappa shape index (κ3) is 4.78. The van der Waals surface area contributed by atoms with Gasteiger partial charge in [-0.3, -0.25) is 19.7 Å². The number of carbonyl (C=O) groups excluding carboxylic acids is 2. The van der Waals surface area contributed by atoms with Crippen LogP contribution in [0.4, 0.5) is 5.69 Å². The number of hydrogen-bond acceptors (Lipinski definition) is 5. The van der Waals surface area contributed by atoms with Crippen LogP contribution in [0.1, 0.15) is 43.0 Å². The second-order valence-electron chi connectivity index (χ2n) is 6.14. The summed E-state index contributed by atoms with van der Waals surface area (Å²) in [6.45, 7) is 2.26. The van der Waals surface area contributed by atoms with Gasteiger partial charge in [0.1, 0.15) is 0 Å². The molecule has 0 radical (unpaired) electrons. The van der Waals surface area contributed by atoms with Crippen molar-refractivity contribution in [2.45, 2.75) is 32.6 Å². The van der Waals surface area contributed by atoms with Crippen molar-refractivity contribution in [3.8, 4) is 5.75 Å². The molecule has 0 spiro atoms. The summed E-state index contributed by atoms with van der Waals surface area (Å²) in [5.41, 5.74) is -0.292. The predicted octanol–water partition coefficient (Wildman–Crippen LogP) is 2.82. The fourth-order valence-corrected chi connectivity index (χ4v) is 2.50. The van der Waals surface area contributed by atoms with Crippen LogP contribution in [-0.4, -0.2) is 41.7 Å². The lowest BCUT2D eigenvalue weighted by Gasteiger charge is -2.16. The number of nitrogens with zero attached hydrogens (tertiary/aromatic N) is 2. The van der Waals surface area contributed by atoms with Crippen molar-refractivity contribution in [2.24, 2.45) is 5.92 Å². The van der Waals surface area contributed by atoms with Gasteiger partial charge < -0.3 is 9.64 Å². The molecule has 1 saturated carbocycles. The van der Waals surface area contributed by atoms with Gasteiger partial charge in [0.25, 0.3) is 0 Å². The van der Waals surface area contributed by atoms with Crippen LogP contribution in [0.5, 0.6) is 5.75 Å². The van der Waals surface area contributed by atoms with E-state index in [0.717, 1.165) is 6.54 Å². The highest BCUT2D eigenvalue weighted by Gasteiger charge is 2.25. The largest absolute Gasteiger partial charge is 0.487 e. The third-order valence-electron chi connectivity index (χ3n) is 4.01. The normalized spacial score (nSPS) is 13.4. The molecule has 130 valence electrons. The van der Waals surface area contributed by atoms with E-state index in [1.54, 1.807) is 18.0 Å². The van der Waals surface area contributed by atoms with Crippen LogP contribution in [0.15, 0.2) is 18.2 Å². The standard InChI is InChI=1S/C17H22N2O5/c1-12(20)14-5-3-6-15(17(14)19(22)23)24-10-4-7-16(21)18(2)11-13-8-9-13/h3,5-6,13H,4,7-11H2,1-2H3. The number of nitro groups is 1. The molecule has 2 rings (SSSR count). The maximum absolute atomic E-state index is 12.0. The number of para-hydroxylation sites is 1. The summed E-state index contributed by atoms with van der Waals surface area (Å²) in [6.07, 6.45) is 3.19. The Balaban J connectivity index is 1.87. The molecule has 7 heteroatoms. The molecule has 1 aliphatic carbocycles. The zero-order valence-corrected chi connectivity index (χ0v) is 14.0. The Morgan fingerprint density at radius 1 is 1.38 bits per heavy atom.